The molecular formula is C39H37N3O6. The molecule has 1 aromatic heterocycles. The standard InChI is InChI=1S/C39H37N3O6/c1-3-5-18-34-35(32-20-19-27(38(44)45)23-33(32)37(43)41-22-21-26-12-9-10-13-28(26)25-41)36(39(46)47-4-2)40-42(34)29-14-11-17-31(24-29)48-30-15-7-6-8-16-30/h6-17,19-20,23-24H,3-5,18,21-22,25H2,1-2H3,(H,44,45). The molecule has 1 aliphatic heterocycles. The van der Waals surface area contributed by atoms with Gasteiger partial charge in [0, 0.05) is 30.3 Å². The summed E-state index contributed by atoms with van der Waals surface area (Å²) in [5, 5.41) is 14.8. The lowest BCUT2D eigenvalue weighted by Crippen LogP contribution is -2.36. The van der Waals surface area contributed by atoms with Gasteiger partial charge in [0.05, 0.1) is 23.6 Å². The molecule has 5 aromatic rings. The summed E-state index contributed by atoms with van der Waals surface area (Å²) >= 11 is 0. The maximum atomic E-state index is 14.4. The molecule has 4 aromatic carbocycles. The van der Waals surface area contributed by atoms with E-state index in [0.29, 0.717) is 59.9 Å². The average Bonchev–Trinajstić information content (AvgIpc) is 3.50. The number of esters is 1. The van der Waals surface area contributed by atoms with Crippen LogP contribution < -0.4 is 4.74 Å². The van der Waals surface area contributed by atoms with Gasteiger partial charge in [0.1, 0.15) is 11.5 Å². The van der Waals surface area contributed by atoms with E-state index in [1.165, 1.54) is 17.7 Å². The molecule has 0 fully saturated rings. The van der Waals surface area contributed by atoms with E-state index in [9.17, 15) is 19.5 Å². The van der Waals surface area contributed by atoms with E-state index in [-0.39, 0.29) is 29.3 Å². The number of para-hydroxylation sites is 1. The first-order valence-electron chi connectivity index (χ1n) is 16.2. The van der Waals surface area contributed by atoms with Crippen LogP contribution >= 0.6 is 0 Å². The van der Waals surface area contributed by atoms with Gasteiger partial charge in [-0.3, -0.25) is 4.79 Å². The van der Waals surface area contributed by atoms with Crippen molar-refractivity contribution in [3.8, 4) is 28.3 Å². The summed E-state index contributed by atoms with van der Waals surface area (Å²) in [6.07, 6.45) is 2.87. The van der Waals surface area contributed by atoms with E-state index in [4.69, 9.17) is 14.6 Å². The SMILES string of the molecule is CCCCc1c(-c2ccc(C(=O)O)cc2C(=O)N2CCc3ccccc3C2)c(C(=O)OCC)nn1-c1cccc(Oc2ccccc2)c1. The molecule has 0 unspecified atom stereocenters. The van der Waals surface area contributed by atoms with Crippen molar-refractivity contribution >= 4 is 17.8 Å². The lowest BCUT2D eigenvalue weighted by Gasteiger charge is -2.29. The maximum absolute atomic E-state index is 14.4. The Bertz CT molecular complexity index is 1970. The van der Waals surface area contributed by atoms with Crippen molar-refractivity contribution in [2.45, 2.75) is 46.1 Å². The summed E-state index contributed by atoms with van der Waals surface area (Å²) in [5.74, 6) is -0.835. The van der Waals surface area contributed by atoms with Crippen LogP contribution in [0.3, 0.4) is 0 Å². The Hall–Kier alpha value is -5.70. The van der Waals surface area contributed by atoms with Gasteiger partial charge >= 0.3 is 11.9 Å². The van der Waals surface area contributed by atoms with Crippen LogP contribution in [-0.4, -0.2) is 50.8 Å². The van der Waals surface area contributed by atoms with Crippen LogP contribution in [0, 0.1) is 0 Å². The molecule has 1 N–H and O–H groups in total. The van der Waals surface area contributed by atoms with Gasteiger partial charge in [-0.05, 0) is 79.3 Å². The van der Waals surface area contributed by atoms with Gasteiger partial charge in [-0.1, -0.05) is 67.9 Å². The summed E-state index contributed by atoms with van der Waals surface area (Å²) < 4.78 is 13.3. The number of carboxylic acids is 1. The maximum Gasteiger partial charge on any atom is 0.359 e. The number of fused-ring (bicyclic) bond motifs is 1. The number of carbonyl (C=O) groups is 3. The zero-order valence-corrected chi connectivity index (χ0v) is 27.0. The second-order valence-electron chi connectivity index (χ2n) is 11.6. The summed E-state index contributed by atoms with van der Waals surface area (Å²) in [7, 11) is 0. The molecule has 244 valence electrons. The van der Waals surface area contributed by atoms with E-state index in [1.54, 1.807) is 22.6 Å². The Morgan fingerprint density at radius 1 is 0.854 bits per heavy atom. The highest BCUT2D eigenvalue weighted by atomic mass is 16.5. The number of hydrogen-bond acceptors (Lipinski definition) is 6. The molecule has 2 heterocycles. The minimum Gasteiger partial charge on any atom is -0.478 e. The van der Waals surface area contributed by atoms with Gasteiger partial charge in [-0.25, -0.2) is 14.3 Å². The van der Waals surface area contributed by atoms with Gasteiger partial charge in [-0.15, -0.1) is 0 Å². The summed E-state index contributed by atoms with van der Waals surface area (Å²) in [6, 6.07) is 29.3. The van der Waals surface area contributed by atoms with Gasteiger partial charge < -0.3 is 19.5 Å². The fourth-order valence-corrected chi connectivity index (χ4v) is 6.08. The molecule has 6 rings (SSSR count). The van der Waals surface area contributed by atoms with Crippen LogP contribution in [0.2, 0.25) is 0 Å². The van der Waals surface area contributed by atoms with Gasteiger partial charge in [0.25, 0.3) is 5.91 Å². The van der Waals surface area contributed by atoms with Gasteiger partial charge in [0.15, 0.2) is 5.69 Å². The van der Waals surface area contributed by atoms with Crippen molar-refractivity contribution in [1.29, 1.82) is 0 Å². The van der Waals surface area contributed by atoms with E-state index >= 15 is 0 Å². The number of rotatable bonds is 11. The minimum atomic E-state index is -1.15. The molecule has 0 atom stereocenters. The third-order valence-corrected chi connectivity index (χ3v) is 8.44. The Balaban J connectivity index is 1.52. The van der Waals surface area contributed by atoms with E-state index in [2.05, 4.69) is 13.0 Å². The van der Waals surface area contributed by atoms with Crippen molar-refractivity contribution in [3.63, 3.8) is 0 Å². The van der Waals surface area contributed by atoms with Crippen LogP contribution in [0.4, 0.5) is 0 Å². The van der Waals surface area contributed by atoms with Crippen LogP contribution in [0.1, 0.15) is 74.7 Å². The second kappa shape index (κ2) is 14.4. The number of aromatic carboxylic acids is 1. The van der Waals surface area contributed by atoms with Gasteiger partial charge in [0.2, 0.25) is 0 Å². The molecule has 0 spiro atoms. The number of hydrogen-bond donors (Lipinski definition) is 1. The molecule has 9 nitrogen and oxygen atoms in total. The zero-order valence-electron chi connectivity index (χ0n) is 27.0. The van der Waals surface area contributed by atoms with Crippen LogP contribution in [0.15, 0.2) is 97.1 Å². The molecule has 0 bridgehead atoms. The molecular weight excluding hydrogens is 606 g/mol. The highest BCUT2D eigenvalue weighted by Gasteiger charge is 2.31. The molecule has 0 saturated heterocycles. The second-order valence-corrected chi connectivity index (χ2v) is 11.6. The van der Waals surface area contributed by atoms with Crippen molar-refractivity contribution in [3.05, 3.63) is 131 Å². The third kappa shape index (κ3) is 6.71. The lowest BCUT2D eigenvalue weighted by molar-refractivity contribution is 0.0518. The molecule has 48 heavy (non-hydrogen) atoms. The Labute approximate surface area is 279 Å². The highest BCUT2D eigenvalue weighted by molar-refractivity contribution is 6.06. The summed E-state index contributed by atoms with van der Waals surface area (Å²) in [6.45, 7) is 4.81. The minimum absolute atomic E-state index is 0.0227. The van der Waals surface area contributed by atoms with E-state index < -0.39 is 11.9 Å². The third-order valence-electron chi connectivity index (χ3n) is 8.44. The first-order valence-corrected chi connectivity index (χ1v) is 16.2. The Kier molecular flexibility index (Phi) is 9.66. The molecule has 0 saturated carbocycles. The topological polar surface area (TPSA) is 111 Å². The number of nitrogens with zero attached hydrogens (tertiary/aromatic N) is 3. The molecule has 1 amide bonds. The number of carbonyl (C=O) groups excluding carboxylic acids is 2. The number of aromatic nitrogens is 2. The number of amides is 1. The molecule has 0 aliphatic carbocycles. The van der Waals surface area contributed by atoms with E-state index in [1.807, 2.05) is 72.8 Å². The lowest BCUT2D eigenvalue weighted by atomic mass is 9.92. The Morgan fingerprint density at radius 3 is 2.35 bits per heavy atom. The summed E-state index contributed by atoms with van der Waals surface area (Å²) in [4.78, 5) is 41.9. The number of unbranched alkanes of at least 4 members (excludes halogenated alkanes) is 1. The van der Waals surface area contributed by atoms with Crippen LogP contribution in [-0.2, 0) is 24.1 Å². The number of carboxylic acid groups (broad SMARTS) is 1. The number of benzene rings is 4. The summed E-state index contributed by atoms with van der Waals surface area (Å²) in [5.41, 5.74) is 4.71. The fourth-order valence-electron chi connectivity index (χ4n) is 6.08. The molecule has 0 radical (unpaired) electrons. The monoisotopic (exact) mass is 643 g/mol. The predicted molar refractivity (Wildman–Crippen MR) is 182 cm³/mol. The van der Waals surface area contributed by atoms with E-state index in [0.717, 1.165) is 18.4 Å². The van der Waals surface area contributed by atoms with Crippen LogP contribution in [0.5, 0.6) is 11.5 Å². The van der Waals surface area contributed by atoms with Crippen molar-refractivity contribution < 1.29 is 29.0 Å². The smallest absolute Gasteiger partial charge is 0.359 e. The highest BCUT2D eigenvalue weighted by Crippen LogP contribution is 2.36. The van der Waals surface area contributed by atoms with Crippen LogP contribution in [0.25, 0.3) is 16.8 Å². The zero-order chi connectivity index (χ0) is 33.6. The van der Waals surface area contributed by atoms with Gasteiger partial charge in [-0.2, -0.15) is 5.10 Å². The molecule has 1 aliphatic rings. The molecule has 9 heteroatoms. The largest absolute Gasteiger partial charge is 0.478 e. The number of ether oxygens (including phenoxy) is 2. The Morgan fingerprint density at radius 2 is 1.60 bits per heavy atom. The first-order chi connectivity index (χ1) is 23.4. The quantitative estimate of drug-likeness (QED) is 0.147. The average molecular weight is 644 g/mol. The predicted octanol–water partition coefficient (Wildman–Crippen LogP) is 7.75. The fraction of sp³-hybridized carbons (Fsp3) is 0.231. The normalized spacial score (nSPS) is 12.3. The van der Waals surface area contributed by atoms with Crippen molar-refractivity contribution in [2.75, 3.05) is 13.2 Å². The van der Waals surface area contributed by atoms with Crippen molar-refractivity contribution in [1.82, 2.24) is 14.7 Å². The van der Waals surface area contributed by atoms with Crippen molar-refractivity contribution in [2.24, 2.45) is 0 Å². The first kappa shape index (κ1) is 32.2.